The van der Waals surface area contributed by atoms with Gasteiger partial charge in [-0.25, -0.2) is 4.79 Å². The summed E-state index contributed by atoms with van der Waals surface area (Å²) in [6.07, 6.45) is 4.48. The first-order chi connectivity index (χ1) is 12.1. The number of rotatable bonds is 9. The van der Waals surface area contributed by atoms with Gasteiger partial charge in [-0.3, -0.25) is 4.57 Å². The molecule has 1 heterocycles. The van der Waals surface area contributed by atoms with Gasteiger partial charge in [-0.2, -0.15) is 0 Å². The number of esters is 1. The lowest BCUT2D eigenvalue weighted by Crippen LogP contribution is -2.22. The highest BCUT2D eigenvalue weighted by Crippen LogP contribution is 2.24. The molecule has 1 aromatic heterocycles. The van der Waals surface area contributed by atoms with Gasteiger partial charge in [0.1, 0.15) is 11.9 Å². The summed E-state index contributed by atoms with van der Waals surface area (Å²) in [7, 11) is 0. The Bertz CT molecular complexity index is 711. The molecule has 1 atom stereocenters. The van der Waals surface area contributed by atoms with E-state index >= 15 is 0 Å². The molecule has 25 heavy (non-hydrogen) atoms. The molecule has 0 saturated carbocycles. The van der Waals surface area contributed by atoms with Gasteiger partial charge in [-0.05, 0) is 40.9 Å². The van der Waals surface area contributed by atoms with Crippen LogP contribution in [0.5, 0.6) is 5.75 Å². The van der Waals surface area contributed by atoms with Crippen molar-refractivity contribution >= 4 is 11.8 Å². The van der Waals surface area contributed by atoms with E-state index in [1.807, 2.05) is 0 Å². The molecule has 0 fully saturated rings. The number of carbonyl (C=O) groups excluding carboxylic acids is 1. The average molecular weight is 347 g/mol. The lowest BCUT2D eigenvalue weighted by atomic mass is 10.1. The Balaban J connectivity index is 2.25. The summed E-state index contributed by atoms with van der Waals surface area (Å²) in [4.78, 5) is 26.3. The van der Waals surface area contributed by atoms with Crippen LogP contribution in [0.3, 0.4) is 0 Å². The highest BCUT2D eigenvalue weighted by molar-refractivity contribution is 5.78. The highest BCUT2D eigenvalue weighted by Gasteiger charge is 2.26. The third-order valence-electron chi connectivity index (χ3n) is 3.55. The first kappa shape index (κ1) is 18.4. The second-order valence-electron chi connectivity index (χ2n) is 5.36. The zero-order valence-electron chi connectivity index (χ0n) is 14.3. The molecule has 0 bridgehead atoms. The number of nitro groups is 1. The van der Waals surface area contributed by atoms with E-state index in [1.165, 1.54) is 17.1 Å². The number of carbonyl (C=O) groups is 1. The largest absolute Gasteiger partial charge is 0.494 e. The van der Waals surface area contributed by atoms with Crippen LogP contribution >= 0.6 is 0 Å². The van der Waals surface area contributed by atoms with E-state index in [-0.39, 0.29) is 12.4 Å². The number of aromatic nitrogens is 2. The zero-order chi connectivity index (χ0) is 18.2. The van der Waals surface area contributed by atoms with Crippen molar-refractivity contribution < 1.29 is 19.2 Å². The lowest BCUT2D eigenvalue weighted by Gasteiger charge is -2.16. The minimum atomic E-state index is -0.842. The average Bonchev–Trinajstić information content (AvgIpc) is 3.07. The molecule has 0 N–H and O–H groups in total. The topological polar surface area (TPSA) is 96.5 Å². The second kappa shape index (κ2) is 8.81. The molecule has 1 unspecified atom stereocenters. The third kappa shape index (κ3) is 4.79. The number of imidazole rings is 1. The van der Waals surface area contributed by atoms with Crippen molar-refractivity contribution in [2.45, 2.75) is 32.7 Å². The van der Waals surface area contributed by atoms with E-state index in [1.54, 1.807) is 31.2 Å². The van der Waals surface area contributed by atoms with E-state index in [2.05, 4.69) is 11.9 Å². The molecule has 8 heteroatoms. The van der Waals surface area contributed by atoms with Crippen molar-refractivity contribution in [3.63, 3.8) is 0 Å². The van der Waals surface area contributed by atoms with Crippen LogP contribution in [-0.4, -0.2) is 33.7 Å². The molecule has 0 spiro atoms. The molecule has 0 amide bonds. The van der Waals surface area contributed by atoms with Crippen molar-refractivity contribution in [1.82, 2.24) is 9.55 Å². The lowest BCUT2D eigenvalue weighted by molar-refractivity contribution is -0.389. The van der Waals surface area contributed by atoms with Gasteiger partial charge in [0, 0.05) is 0 Å². The monoisotopic (exact) mass is 347 g/mol. The second-order valence-corrected chi connectivity index (χ2v) is 5.36. The number of hydrogen-bond donors (Lipinski definition) is 0. The van der Waals surface area contributed by atoms with Crippen LogP contribution in [0, 0.1) is 10.1 Å². The molecule has 2 rings (SSSR count). The van der Waals surface area contributed by atoms with Crippen LogP contribution in [0.15, 0.2) is 36.8 Å². The van der Waals surface area contributed by atoms with Gasteiger partial charge in [0.15, 0.2) is 6.04 Å². The summed E-state index contributed by atoms with van der Waals surface area (Å²) in [5.74, 6) is -0.125. The van der Waals surface area contributed by atoms with Gasteiger partial charge >= 0.3 is 11.8 Å². The molecule has 8 nitrogen and oxygen atoms in total. The zero-order valence-corrected chi connectivity index (χ0v) is 14.3. The molecule has 0 saturated heterocycles. The summed E-state index contributed by atoms with van der Waals surface area (Å²) in [6, 6.07) is 6.18. The fraction of sp³-hybridized carbons (Fsp3) is 0.412. The van der Waals surface area contributed by atoms with Crippen LogP contribution in [0.2, 0.25) is 0 Å². The fourth-order valence-corrected chi connectivity index (χ4v) is 2.29. The Kier molecular flexibility index (Phi) is 6.50. The van der Waals surface area contributed by atoms with E-state index < -0.39 is 16.9 Å². The standard InChI is InChI=1S/C17H21N3O5/c1-3-5-10-25-14-8-6-13(7-9-14)16(17(21)24-4-2)19-11-15(18-12-19)20(22)23/h6-9,11-12,16H,3-5,10H2,1-2H3. The van der Waals surface area contributed by atoms with Crippen LogP contribution < -0.4 is 4.74 Å². The number of benzene rings is 1. The molecule has 0 aliphatic carbocycles. The minimum Gasteiger partial charge on any atom is -0.494 e. The molecule has 0 aliphatic heterocycles. The van der Waals surface area contributed by atoms with Crippen LogP contribution in [0.1, 0.15) is 38.3 Å². The molecule has 1 aromatic carbocycles. The van der Waals surface area contributed by atoms with E-state index in [4.69, 9.17) is 9.47 Å². The van der Waals surface area contributed by atoms with Crippen molar-refractivity contribution in [1.29, 1.82) is 0 Å². The van der Waals surface area contributed by atoms with Crippen molar-refractivity contribution in [2.75, 3.05) is 13.2 Å². The van der Waals surface area contributed by atoms with Crippen LogP contribution in [0.25, 0.3) is 0 Å². The van der Waals surface area contributed by atoms with E-state index in [0.29, 0.717) is 17.9 Å². The van der Waals surface area contributed by atoms with Gasteiger partial charge in [-0.15, -0.1) is 0 Å². The number of hydrogen-bond acceptors (Lipinski definition) is 6. The van der Waals surface area contributed by atoms with E-state index in [0.717, 1.165) is 12.8 Å². The summed E-state index contributed by atoms with van der Waals surface area (Å²) < 4.78 is 12.1. The smallest absolute Gasteiger partial charge is 0.381 e. The maximum atomic E-state index is 12.3. The molecule has 134 valence electrons. The first-order valence-corrected chi connectivity index (χ1v) is 8.14. The maximum absolute atomic E-state index is 12.3. The quantitative estimate of drug-likeness (QED) is 0.299. The SMILES string of the molecule is CCCCOc1ccc(C(C(=O)OCC)n2cnc([N+](=O)[O-])c2)cc1. The van der Waals surface area contributed by atoms with Gasteiger partial charge in [0.25, 0.3) is 0 Å². The highest BCUT2D eigenvalue weighted by atomic mass is 16.6. The number of unbranched alkanes of at least 4 members (excludes halogenated alkanes) is 1. The molecular formula is C17H21N3O5. The van der Waals surface area contributed by atoms with Crippen molar-refractivity contribution in [3.8, 4) is 5.75 Å². The summed E-state index contributed by atoms with van der Waals surface area (Å²) in [5, 5.41) is 10.8. The van der Waals surface area contributed by atoms with Gasteiger partial charge in [0.05, 0.1) is 13.2 Å². The number of ether oxygens (including phenoxy) is 2. The Hall–Kier alpha value is -2.90. The number of nitrogens with zero attached hydrogens (tertiary/aromatic N) is 3. The molecule has 0 radical (unpaired) electrons. The molecule has 2 aromatic rings. The minimum absolute atomic E-state index is 0.213. The Morgan fingerprint density at radius 1 is 1.32 bits per heavy atom. The van der Waals surface area contributed by atoms with Gasteiger partial charge in [-0.1, -0.05) is 25.5 Å². The van der Waals surface area contributed by atoms with E-state index in [9.17, 15) is 14.9 Å². The predicted molar refractivity (Wildman–Crippen MR) is 90.5 cm³/mol. The molecular weight excluding hydrogens is 326 g/mol. The van der Waals surface area contributed by atoms with Gasteiger partial charge < -0.3 is 19.6 Å². The summed E-state index contributed by atoms with van der Waals surface area (Å²) in [6.45, 7) is 4.63. The summed E-state index contributed by atoms with van der Waals surface area (Å²) >= 11 is 0. The van der Waals surface area contributed by atoms with Crippen LogP contribution in [-0.2, 0) is 9.53 Å². The Morgan fingerprint density at radius 2 is 2.04 bits per heavy atom. The normalized spacial score (nSPS) is 11.8. The Labute approximate surface area is 145 Å². The molecule has 0 aliphatic rings. The van der Waals surface area contributed by atoms with Crippen LogP contribution in [0.4, 0.5) is 5.82 Å². The Morgan fingerprint density at radius 3 is 2.60 bits per heavy atom. The van der Waals surface area contributed by atoms with Gasteiger partial charge in [0.2, 0.25) is 6.33 Å². The first-order valence-electron chi connectivity index (χ1n) is 8.14. The maximum Gasteiger partial charge on any atom is 0.381 e. The summed E-state index contributed by atoms with van der Waals surface area (Å²) in [5.41, 5.74) is 0.633. The van der Waals surface area contributed by atoms with Crippen molar-refractivity contribution in [2.24, 2.45) is 0 Å². The third-order valence-corrected chi connectivity index (χ3v) is 3.55. The predicted octanol–water partition coefficient (Wildman–Crippen LogP) is 3.12. The van der Waals surface area contributed by atoms with Crippen molar-refractivity contribution in [3.05, 3.63) is 52.5 Å². The fourth-order valence-electron chi connectivity index (χ4n) is 2.29.